The van der Waals surface area contributed by atoms with E-state index in [0.29, 0.717) is 11.4 Å². The van der Waals surface area contributed by atoms with E-state index < -0.39 is 11.8 Å². The van der Waals surface area contributed by atoms with E-state index in [9.17, 15) is 9.59 Å². The van der Waals surface area contributed by atoms with Crippen LogP contribution in [0.1, 0.15) is 0 Å². The van der Waals surface area contributed by atoms with Crippen molar-refractivity contribution >= 4 is 33.4 Å². The molecule has 0 saturated carbocycles. The van der Waals surface area contributed by atoms with Gasteiger partial charge in [-0.3, -0.25) is 14.5 Å². The molecule has 0 saturated heterocycles. The summed E-state index contributed by atoms with van der Waals surface area (Å²) in [5.74, 6) is -0.213. The van der Waals surface area contributed by atoms with Crippen molar-refractivity contribution in [2.24, 2.45) is 0 Å². The van der Waals surface area contributed by atoms with Crippen LogP contribution in [0.5, 0.6) is 5.75 Å². The van der Waals surface area contributed by atoms with Crippen LogP contribution >= 0.6 is 15.9 Å². The number of amides is 2. The molecule has 0 radical (unpaired) electrons. The summed E-state index contributed by atoms with van der Waals surface area (Å²) in [5.41, 5.74) is 0.830. The molecule has 1 aromatic carbocycles. The minimum Gasteiger partial charge on any atom is -0.496 e. The average Bonchev–Trinajstić information content (AvgIpc) is 2.67. The minimum atomic E-state index is -0.448. The number of nitrogens with one attached hydrogen (secondary N) is 1. The topological polar surface area (TPSA) is 78.9 Å². The second-order valence-electron chi connectivity index (χ2n) is 4.05. The van der Waals surface area contributed by atoms with Crippen LogP contribution < -0.4 is 10.1 Å². The second-order valence-corrected chi connectivity index (χ2v) is 4.91. The number of rotatable bonds is 5. The van der Waals surface area contributed by atoms with E-state index in [4.69, 9.17) is 9.84 Å². The van der Waals surface area contributed by atoms with Gasteiger partial charge < -0.3 is 15.2 Å². The van der Waals surface area contributed by atoms with Crippen molar-refractivity contribution in [1.29, 1.82) is 0 Å². The lowest BCUT2D eigenvalue weighted by Gasteiger charge is -2.13. The molecule has 0 fully saturated rings. The number of halogens is 1. The van der Waals surface area contributed by atoms with Crippen molar-refractivity contribution in [3.63, 3.8) is 0 Å². The van der Waals surface area contributed by atoms with Gasteiger partial charge in [0.25, 0.3) is 11.8 Å². The number of aliphatic hydroxyl groups is 1. The molecule has 1 aromatic rings. The van der Waals surface area contributed by atoms with Gasteiger partial charge in [0.1, 0.15) is 11.4 Å². The number of methoxy groups -OCH3 is 1. The van der Waals surface area contributed by atoms with Crippen molar-refractivity contribution < 1.29 is 19.4 Å². The molecule has 6 nitrogen and oxygen atoms in total. The average molecular weight is 341 g/mol. The fraction of sp³-hybridized carbons (Fsp3) is 0.231. The normalized spacial score (nSPS) is 14.6. The lowest BCUT2D eigenvalue weighted by Crippen LogP contribution is -2.34. The molecule has 2 N–H and O–H groups in total. The van der Waals surface area contributed by atoms with Gasteiger partial charge in [0, 0.05) is 11.8 Å². The molecule has 7 heteroatoms. The number of β-amino-alcohol motifs (C(OH)–C–C–N with tert-alkyl or cyclic N) is 1. The van der Waals surface area contributed by atoms with Crippen LogP contribution in [0.25, 0.3) is 0 Å². The summed E-state index contributed by atoms with van der Waals surface area (Å²) in [6.45, 7) is -0.266. The van der Waals surface area contributed by atoms with Crippen LogP contribution in [0.2, 0.25) is 0 Å². The van der Waals surface area contributed by atoms with Crippen LogP contribution in [-0.2, 0) is 9.59 Å². The zero-order valence-corrected chi connectivity index (χ0v) is 12.3. The van der Waals surface area contributed by atoms with E-state index in [0.717, 1.165) is 9.37 Å². The molecule has 0 atom stereocenters. The maximum atomic E-state index is 11.9. The maximum Gasteiger partial charge on any atom is 0.277 e. The molecule has 2 rings (SSSR count). The molecule has 0 spiro atoms. The zero-order valence-electron chi connectivity index (χ0n) is 10.7. The molecule has 20 heavy (non-hydrogen) atoms. The van der Waals surface area contributed by atoms with Crippen LogP contribution in [0, 0.1) is 0 Å². The third kappa shape index (κ3) is 2.83. The molecule has 0 aromatic heterocycles. The summed E-state index contributed by atoms with van der Waals surface area (Å²) < 4.78 is 5.84. The summed E-state index contributed by atoms with van der Waals surface area (Å²) in [4.78, 5) is 24.5. The molecular formula is C13H13BrN2O4. The second kappa shape index (κ2) is 6.06. The molecule has 1 aliphatic heterocycles. The van der Waals surface area contributed by atoms with Gasteiger partial charge in [-0.25, -0.2) is 0 Å². The molecular weight excluding hydrogens is 328 g/mol. The van der Waals surface area contributed by atoms with E-state index >= 15 is 0 Å². The number of nitrogens with zero attached hydrogens (tertiary/aromatic N) is 1. The molecule has 1 aliphatic rings. The van der Waals surface area contributed by atoms with Crippen molar-refractivity contribution in [3.05, 3.63) is 34.4 Å². The van der Waals surface area contributed by atoms with E-state index in [-0.39, 0.29) is 18.8 Å². The number of aliphatic hydroxyl groups excluding tert-OH is 1. The Morgan fingerprint density at radius 3 is 2.75 bits per heavy atom. The highest BCUT2D eigenvalue weighted by Crippen LogP contribution is 2.28. The Morgan fingerprint density at radius 1 is 1.40 bits per heavy atom. The minimum absolute atomic E-state index is 0.00828. The van der Waals surface area contributed by atoms with Gasteiger partial charge in [-0.2, -0.15) is 0 Å². The van der Waals surface area contributed by atoms with Gasteiger partial charge in [-0.05, 0) is 34.1 Å². The van der Waals surface area contributed by atoms with Crippen molar-refractivity contribution in [2.75, 3.05) is 25.6 Å². The summed E-state index contributed by atoms with van der Waals surface area (Å²) >= 11 is 3.34. The highest BCUT2D eigenvalue weighted by molar-refractivity contribution is 9.10. The smallest absolute Gasteiger partial charge is 0.277 e. The number of hydrogen-bond donors (Lipinski definition) is 2. The molecule has 0 bridgehead atoms. The van der Waals surface area contributed by atoms with Gasteiger partial charge in [0.2, 0.25) is 0 Å². The van der Waals surface area contributed by atoms with E-state index in [1.807, 2.05) is 0 Å². The summed E-state index contributed by atoms with van der Waals surface area (Å²) in [6.07, 6.45) is 1.22. The number of imide groups is 1. The first-order valence-electron chi connectivity index (χ1n) is 5.85. The number of carbonyl (C=O) groups is 2. The lowest BCUT2D eigenvalue weighted by atomic mass is 10.3. The monoisotopic (exact) mass is 340 g/mol. The Bertz CT molecular complexity index is 586. The molecule has 106 valence electrons. The number of hydrogen-bond acceptors (Lipinski definition) is 5. The quantitative estimate of drug-likeness (QED) is 0.785. The van der Waals surface area contributed by atoms with Gasteiger partial charge in [-0.15, -0.1) is 0 Å². The van der Waals surface area contributed by atoms with E-state index in [1.165, 1.54) is 6.08 Å². The third-order valence-corrected chi connectivity index (χ3v) is 3.38. The van der Waals surface area contributed by atoms with Gasteiger partial charge >= 0.3 is 0 Å². The number of ether oxygens (including phenoxy) is 1. The highest BCUT2D eigenvalue weighted by atomic mass is 79.9. The lowest BCUT2D eigenvalue weighted by molar-refractivity contribution is -0.137. The first-order valence-corrected chi connectivity index (χ1v) is 6.65. The zero-order chi connectivity index (χ0) is 14.7. The molecule has 0 unspecified atom stereocenters. The highest BCUT2D eigenvalue weighted by Gasteiger charge is 2.30. The summed E-state index contributed by atoms with van der Waals surface area (Å²) in [5, 5.41) is 11.7. The Morgan fingerprint density at radius 2 is 2.15 bits per heavy atom. The van der Waals surface area contributed by atoms with Crippen LogP contribution in [0.4, 0.5) is 5.69 Å². The Kier molecular flexibility index (Phi) is 4.41. The van der Waals surface area contributed by atoms with Crippen molar-refractivity contribution in [1.82, 2.24) is 4.90 Å². The number of anilines is 1. The number of benzene rings is 1. The Labute approximate surface area is 124 Å². The van der Waals surface area contributed by atoms with E-state index in [2.05, 4.69) is 21.2 Å². The van der Waals surface area contributed by atoms with Crippen LogP contribution in [-0.4, -0.2) is 42.1 Å². The predicted octanol–water partition coefficient (Wildman–Crippen LogP) is 1.11. The SMILES string of the molecule is COc1ccc(NC2=CC(=O)N(CCO)C2=O)cc1Br. The Balaban J connectivity index is 2.15. The number of carbonyl (C=O) groups excluding carboxylic acids is 2. The van der Waals surface area contributed by atoms with Crippen molar-refractivity contribution in [2.45, 2.75) is 0 Å². The summed E-state index contributed by atoms with van der Waals surface area (Å²) in [7, 11) is 1.56. The van der Waals surface area contributed by atoms with E-state index in [1.54, 1.807) is 25.3 Å². The van der Waals surface area contributed by atoms with Gasteiger partial charge in [0.05, 0.1) is 24.7 Å². The molecule has 0 aliphatic carbocycles. The first-order chi connectivity index (χ1) is 9.56. The molecule has 1 heterocycles. The fourth-order valence-electron chi connectivity index (χ4n) is 1.81. The fourth-order valence-corrected chi connectivity index (χ4v) is 2.35. The third-order valence-electron chi connectivity index (χ3n) is 2.76. The van der Waals surface area contributed by atoms with Gasteiger partial charge in [-0.1, -0.05) is 0 Å². The largest absolute Gasteiger partial charge is 0.496 e. The maximum absolute atomic E-state index is 11.9. The summed E-state index contributed by atoms with van der Waals surface area (Å²) in [6, 6.07) is 5.21. The first kappa shape index (κ1) is 14.5. The van der Waals surface area contributed by atoms with Crippen LogP contribution in [0.15, 0.2) is 34.4 Å². The molecule has 2 amide bonds. The van der Waals surface area contributed by atoms with Crippen molar-refractivity contribution in [3.8, 4) is 5.75 Å². The standard InChI is InChI=1S/C13H13BrN2O4/c1-20-11-3-2-8(6-9(11)14)15-10-7-12(18)16(4-5-17)13(10)19/h2-3,6-7,15,17H,4-5H2,1H3. The van der Waals surface area contributed by atoms with Gasteiger partial charge in [0.15, 0.2) is 0 Å². The van der Waals surface area contributed by atoms with Crippen LogP contribution in [0.3, 0.4) is 0 Å². The Hall–Kier alpha value is -1.86. The predicted molar refractivity (Wildman–Crippen MR) is 76.2 cm³/mol.